The first-order valence-electron chi connectivity index (χ1n) is 6.03. The maximum atomic E-state index is 10.8. The fourth-order valence-electron chi connectivity index (χ4n) is 2.65. The first kappa shape index (κ1) is 11.6. The summed E-state index contributed by atoms with van der Waals surface area (Å²) in [5.41, 5.74) is 2.51. The van der Waals surface area contributed by atoms with E-state index in [9.17, 15) is 4.21 Å². The Kier molecular flexibility index (Phi) is 3.02. The van der Waals surface area contributed by atoms with E-state index >= 15 is 0 Å². The van der Waals surface area contributed by atoms with E-state index < -0.39 is 11.1 Å². The van der Waals surface area contributed by atoms with Crippen LogP contribution in [0.3, 0.4) is 0 Å². The third-order valence-electron chi connectivity index (χ3n) is 3.48. The second-order valence-electron chi connectivity index (χ2n) is 4.57. The lowest BCUT2D eigenvalue weighted by molar-refractivity contribution is 0.560. The number of allylic oxidation sites excluding steroid dienone is 1. The zero-order valence-electron chi connectivity index (χ0n) is 9.87. The molecule has 2 nitrogen and oxygen atoms in total. The molecule has 0 spiro atoms. The number of hydrogen-bond donors (Lipinski definition) is 1. The Morgan fingerprint density at radius 2 is 1.94 bits per heavy atom. The van der Waals surface area contributed by atoms with Crippen LogP contribution in [-0.2, 0) is 11.1 Å². The van der Waals surface area contributed by atoms with Gasteiger partial charge in [-0.25, -0.2) is 4.21 Å². The van der Waals surface area contributed by atoms with Gasteiger partial charge < -0.3 is 4.55 Å². The number of benzene rings is 2. The molecule has 3 rings (SSSR count). The molecule has 1 aliphatic carbocycles. The molecule has 18 heavy (non-hydrogen) atoms. The summed E-state index contributed by atoms with van der Waals surface area (Å²) in [5.74, 6) is 0.577. The summed E-state index contributed by atoms with van der Waals surface area (Å²) in [6, 6.07) is 12.6. The minimum atomic E-state index is -1.71. The van der Waals surface area contributed by atoms with Crippen molar-refractivity contribution in [2.75, 3.05) is 5.75 Å². The molecule has 0 bridgehead atoms. The molecule has 92 valence electrons. The molecule has 0 radical (unpaired) electrons. The zero-order chi connectivity index (χ0) is 12.5. The molecular weight excluding hydrogens is 244 g/mol. The fraction of sp³-hybridized carbons (Fsp3) is 0.200. The molecule has 0 heterocycles. The lowest BCUT2D eigenvalue weighted by Crippen LogP contribution is -2.06. The molecule has 0 saturated carbocycles. The lowest BCUT2D eigenvalue weighted by Gasteiger charge is -2.20. The van der Waals surface area contributed by atoms with Crippen LogP contribution in [0.15, 0.2) is 42.5 Å². The minimum Gasteiger partial charge on any atom is -0.306 e. The predicted octanol–water partition coefficient (Wildman–Crippen LogP) is 3.56. The Balaban J connectivity index is 2.07. The largest absolute Gasteiger partial charge is 0.306 e. The van der Waals surface area contributed by atoms with Crippen molar-refractivity contribution in [3.05, 3.63) is 53.6 Å². The van der Waals surface area contributed by atoms with Crippen LogP contribution < -0.4 is 0 Å². The van der Waals surface area contributed by atoms with Gasteiger partial charge in [0, 0.05) is 5.92 Å². The van der Waals surface area contributed by atoms with Gasteiger partial charge in [-0.15, -0.1) is 0 Å². The van der Waals surface area contributed by atoms with E-state index in [4.69, 9.17) is 4.55 Å². The summed E-state index contributed by atoms with van der Waals surface area (Å²) in [6.45, 7) is 0. The molecule has 0 aliphatic heterocycles. The predicted molar refractivity (Wildman–Crippen MR) is 76.0 cm³/mol. The molecule has 2 aromatic carbocycles. The Labute approximate surface area is 109 Å². The highest BCUT2D eigenvalue weighted by Gasteiger charge is 2.17. The van der Waals surface area contributed by atoms with Crippen LogP contribution in [0, 0.1) is 0 Å². The second-order valence-corrected chi connectivity index (χ2v) is 5.62. The van der Waals surface area contributed by atoms with E-state index in [0.29, 0.717) is 12.2 Å². The smallest absolute Gasteiger partial charge is 0.152 e. The van der Waals surface area contributed by atoms with Gasteiger partial charge in [0.2, 0.25) is 0 Å². The van der Waals surface area contributed by atoms with Crippen molar-refractivity contribution >= 4 is 27.9 Å². The van der Waals surface area contributed by atoms with E-state index in [1.54, 1.807) is 0 Å². The summed E-state index contributed by atoms with van der Waals surface area (Å²) in [7, 11) is 0. The third kappa shape index (κ3) is 2.00. The third-order valence-corrected chi connectivity index (χ3v) is 4.07. The number of rotatable bonds is 3. The Bertz CT molecular complexity index is 641. The highest BCUT2D eigenvalue weighted by atomic mass is 32.2. The van der Waals surface area contributed by atoms with E-state index in [-0.39, 0.29) is 5.92 Å². The maximum absolute atomic E-state index is 10.8. The highest BCUT2D eigenvalue weighted by molar-refractivity contribution is 7.79. The summed E-state index contributed by atoms with van der Waals surface area (Å²) >= 11 is -1.71. The van der Waals surface area contributed by atoms with Crippen molar-refractivity contribution in [1.82, 2.24) is 0 Å². The van der Waals surface area contributed by atoms with Crippen LogP contribution in [0.4, 0.5) is 0 Å². The molecule has 0 aromatic heterocycles. The van der Waals surface area contributed by atoms with Gasteiger partial charge in [0.1, 0.15) is 0 Å². The molecule has 2 unspecified atom stereocenters. The van der Waals surface area contributed by atoms with Crippen LogP contribution in [-0.4, -0.2) is 14.5 Å². The van der Waals surface area contributed by atoms with Crippen molar-refractivity contribution in [3.63, 3.8) is 0 Å². The summed E-state index contributed by atoms with van der Waals surface area (Å²) in [6.07, 6.45) is 4.98. The average molecular weight is 258 g/mol. The van der Waals surface area contributed by atoms with E-state index in [2.05, 4.69) is 48.6 Å². The molecule has 2 aromatic rings. The molecule has 0 saturated heterocycles. The van der Waals surface area contributed by atoms with Gasteiger partial charge in [0.05, 0.1) is 5.75 Å². The molecule has 3 heteroatoms. The van der Waals surface area contributed by atoms with Crippen LogP contribution in [0.5, 0.6) is 0 Å². The Morgan fingerprint density at radius 1 is 1.17 bits per heavy atom. The second kappa shape index (κ2) is 4.67. The van der Waals surface area contributed by atoms with Gasteiger partial charge in [-0.1, -0.05) is 48.6 Å². The standard InChI is InChI=1S/C15H14O2S/c16-18(17)10-9-11-7-8-13-4-1-3-12-5-2-6-14(11)15(12)13/h1-8,11H,9-10H2,(H,16,17). The van der Waals surface area contributed by atoms with E-state index in [0.717, 1.165) is 0 Å². The van der Waals surface area contributed by atoms with Gasteiger partial charge in [0.25, 0.3) is 0 Å². The fourth-order valence-corrected chi connectivity index (χ4v) is 3.11. The quantitative estimate of drug-likeness (QED) is 0.855. The summed E-state index contributed by atoms with van der Waals surface area (Å²) < 4.78 is 19.7. The van der Waals surface area contributed by atoms with Crippen molar-refractivity contribution in [2.24, 2.45) is 0 Å². The van der Waals surface area contributed by atoms with Gasteiger partial charge in [-0.2, -0.15) is 0 Å². The number of hydrogen-bond acceptors (Lipinski definition) is 1. The average Bonchev–Trinajstić information content (AvgIpc) is 2.38. The summed E-state index contributed by atoms with van der Waals surface area (Å²) in [5, 5.41) is 2.53. The first-order valence-corrected chi connectivity index (χ1v) is 7.30. The van der Waals surface area contributed by atoms with Crippen LogP contribution in [0.2, 0.25) is 0 Å². The van der Waals surface area contributed by atoms with Gasteiger partial charge in [-0.05, 0) is 28.3 Å². The van der Waals surface area contributed by atoms with Gasteiger partial charge >= 0.3 is 0 Å². The topological polar surface area (TPSA) is 37.3 Å². The van der Waals surface area contributed by atoms with Crippen LogP contribution in [0.1, 0.15) is 23.5 Å². The molecule has 1 aliphatic rings. The maximum Gasteiger partial charge on any atom is 0.152 e. The van der Waals surface area contributed by atoms with E-state index in [1.165, 1.54) is 21.9 Å². The van der Waals surface area contributed by atoms with Crippen LogP contribution in [0.25, 0.3) is 16.8 Å². The molecule has 0 amide bonds. The zero-order valence-corrected chi connectivity index (χ0v) is 10.7. The molecule has 2 atom stereocenters. The van der Waals surface area contributed by atoms with E-state index in [1.807, 2.05) is 0 Å². The van der Waals surface area contributed by atoms with Gasteiger partial charge in [0.15, 0.2) is 11.1 Å². The Morgan fingerprint density at radius 3 is 2.72 bits per heavy atom. The SMILES string of the molecule is O=S(O)CCC1C=Cc2cccc3cccc1c23. The normalized spacial score (nSPS) is 19.1. The van der Waals surface area contributed by atoms with Crippen molar-refractivity contribution in [2.45, 2.75) is 12.3 Å². The minimum absolute atomic E-state index is 0.250. The van der Waals surface area contributed by atoms with Crippen molar-refractivity contribution < 1.29 is 8.76 Å². The summed E-state index contributed by atoms with van der Waals surface area (Å²) in [4.78, 5) is 0. The molecular formula is C15H14O2S. The molecule has 1 N–H and O–H groups in total. The van der Waals surface area contributed by atoms with Crippen molar-refractivity contribution in [1.29, 1.82) is 0 Å². The highest BCUT2D eigenvalue weighted by Crippen LogP contribution is 2.36. The first-order chi connectivity index (χ1) is 8.75. The monoisotopic (exact) mass is 258 g/mol. The lowest BCUT2D eigenvalue weighted by atomic mass is 9.85. The van der Waals surface area contributed by atoms with Gasteiger partial charge in [-0.3, -0.25) is 0 Å². The van der Waals surface area contributed by atoms with Crippen LogP contribution >= 0.6 is 0 Å². The van der Waals surface area contributed by atoms with Crippen molar-refractivity contribution in [3.8, 4) is 0 Å². The molecule has 0 fully saturated rings. The Hall–Kier alpha value is -1.45.